The van der Waals surface area contributed by atoms with Crippen molar-refractivity contribution in [2.24, 2.45) is 5.73 Å². The lowest BCUT2D eigenvalue weighted by Crippen LogP contribution is -2.56. The van der Waals surface area contributed by atoms with Crippen molar-refractivity contribution in [2.75, 3.05) is 26.2 Å². The molecule has 18 nitrogen and oxygen atoms in total. The Kier molecular flexibility index (Phi) is 18.3. The number of hydrogen-bond acceptors (Lipinski definition) is 11. The first-order valence-corrected chi connectivity index (χ1v) is 18.2. The minimum atomic E-state index is -1.27. The van der Waals surface area contributed by atoms with E-state index in [-0.39, 0.29) is 49.4 Å². The summed E-state index contributed by atoms with van der Waals surface area (Å²) in [5, 5.41) is 52.7. The molecule has 3 rings (SSSR count). The molecule has 0 bridgehead atoms. The lowest BCUT2D eigenvalue weighted by atomic mass is 10.0. The van der Waals surface area contributed by atoms with Gasteiger partial charge in [-0.3, -0.25) is 33.6 Å². The molecule has 57 heavy (non-hydrogen) atoms. The minimum absolute atomic E-state index is 0.0112. The van der Waals surface area contributed by atoms with Gasteiger partial charge in [-0.15, -0.1) is 0 Å². The fraction of sp³-hybridized carbons (Fsp3) is 0.359. The number of hydrogen-bond donors (Lipinski definition) is 11. The second-order valence-electron chi connectivity index (χ2n) is 13.1. The number of nitrogens with two attached hydrogens (primary N) is 1. The SMILES string of the molecule is NCCCC[C@H](NC(=O)CCc1ccc(O)c(O)c1)C(=O)N[C@@H](Cc1ccc(O)cc1)C(=O)NCC(=O)N[C@@H](Cc1ccccc1)C(=O)NCC(=O)NCC(=O)O. The summed E-state index contributed by atoms with van der Waals surface area (Å²) in [5.74, 6) is -6.17. The highest BCUT2D eigenvalue weighted by molar-refractivity contribution is 5.95. The monoisotopic (exact) mass is 791 g/mol. The predicted molar refractivity (Wildman–Crippen MR) is 205 cm³/mol. The third-order valence-electron chi connectivity index (χ3n) is 8.51. The summed E-state index contributed by atoms with van der Waals surface area (Å²) in [4.78, 5) is 89.2. The minimum Gasteiger partial charge on any atom is -0.508 e. The van der Waals surface area contributed by atoms with Crippen molar-refractivity contribution in [3.63, 3.8) is 0 Å². The molecule has 0 aliphatic heterocycles. The van der Waals surface area contributed by atoms with E-state index < -0.39 is 79.2 Å². The number of benzene rings is 3. The molecule has 306 valence electrons. The van der Waals surface area contributed by atoms with Gasteiger partial charge in [0.15, 0.2) is 11.5 Å². The van der Waals surface area contributed by atoms with Gasteiger partial charge in [0, 0.05) is 19.3 Å². The van der Waals surface area contributed by atoms with E-state index in [9.17, 15) is 48.9 Å². The first-order valence-electron chi connectivity index (χ1n) is 18.2. The number of carboxylic acids is 1. The van der Waals surface area contributed by atoms with Crippen LogP contribution in [0.1, 0.15) is 42.4 Å². The molecule has 0 heterocycles. The molecule has 3 atom stereocenters. The Morgan fingerprint density at radius 2 is 1.14 bits per heavy atom. The molecule has 3 aromatic carbocycles. The molecule has 6 amide bonds. The normalized spacial score (nSPS) is 12.2. The molecule has 0 saturated carbocycles. The van der Waals surface area contributed by atoms with E-state index in [0.717, 1.165) is 0 Å². The molecule has 18 heteroatoms. The highest BCUT2D eigenvalue weighted by atomic mass is 16.4. The van der Waals surface area contributed by atoms with E-state index in [0.29, 0.717) is 36.1 Å². The lowest BCUT2D eigenvalue weighted by molar-refractivity contribution is -0.138. The summed E-state index contributed by atoms with van der Waals surface area (Å²) in [6.07, 6.45) is 1.30. The van der Waals surface area contributed by atoms with Crippen LogP contribution in [0.15, 0.2) is 72.8 Å². The number of phenolic OH excluding ortho intramolecular Hbond substituents is 3. The summed E-state index contributed by atoms with van der Waals surface area (Å²) in [6, 6.07) is 15.2. The second-order valence-corrected chi connectivity index (χ2v) is 13.1. The molecule has 0 aromatic heterocycles. The van der Waals surface area contributed by atoms with Gasteiger partial charge in [0.05, 0.1) is 13.1 Å². The standard InChI is InChI=1S/C39H49N7O11/c40-17-5-4-8-28(44-33(50)16-12-26-11-15-31(48)32(49)20-26)39(57)46-30(19-25-9-13-27(47)14-10-25)38(56)43-22-35(52)45-29(18-24-6-2-1-3-7-24)37(55)42-21-34(51)41-23-36(53)54/h1-3,6-7,9-11,13-15,20,28-30,47-49H,4-5,8,12,16-19,21-23,40H2,(H,41,51)(H,42,55)(H,43,56)(H,44,50)(H,45,52)(H,46,57)(H,53,54)/t28-,29-,30-/m0/s1. The van der Waals surface area contributed by atoms with Crippen LogP contribution < -0.4 is 37.6 Å². The van der Waals surface area contributed by atoms with Gasteiger partial charge in [0.25, 0.3) is 0 Å². The average molecular weight is 792 g/mol. The number of unbranched alkanes of at least 4 members (excludes halogenated alkanes) is 1. The van der Waals surface area contributed by atoms with Gasteiger partial charge in [0.2, 0.25) is 35.4 Å². The van der Waals surface area contributed by atoms with Crippen molar-refractivity contribution >= 4 is 41.4 Å². The average Bonchev–Trinajstić information content (AvgIpc) is 3.19. The molecule has 12 N–H and O–H groups in total. The topological polar surface area (TPSA) is 299 Å². The van der Waals surface area contributed by atoms with E-state index >= 15 is 0 Å². The number of carbonyl (C=O) groups is 7. The third kappa shape index (κ3) is 16.7. The van der Waals surface area contributed by atoms with E-state index in [1.54, 1.807) is 48.5 Å². The summed E-state index contributed by atoms with van der Waals surface area (Å²) in [5.41, 5.74) is 7.44. The number of amides is 6. The van der Waals surface area contributed by atoms with Crippen molar-refractivity contribution in [1.29, 1.82) is 0 Å². The summed E-state index contributed by atoms with van der Waals surface area (Å²) in [7, 11) is 0. The molecular formula is C39H49N7O11. The molecular weight excluding hydrogens is 742 g/mol. The Morgan fingerprint density at radius 1 is 0.561 bits per heavy atom. The molecule has 0 aliphatic rings. The van der Waals surface area contributed by atoms with Gasteiger partial charge in [-0.1, -0.05) is 48.5 Å². The fourth-order valence-corrected chi connectivity index (χ4v) is 5.48. The Balaban J connectivity index is 1.70. The predicted octanol–water partition coefficient (Wildman–Crippen LogP) is -0.762. The van der Waals surface area contributed by atoms with Crippen LogP contribution in [0.3, 0.4) is 0 Å². The maximum atomic E-state index is 13.7. The summed E-state index contributed by atoms with van der Waals surface area (Å²) < 4.78 is 0. The second kappa shape index (κ2) is 23.3. The van der Waals surface area contributed by atoms with Crippen molar-refractivity contribution in [3.8, 4) is 17.2 Å². The summed E-state index contributed by atoms with van der Waals surface area (Å²) >= 11 is 0. The maximum Gasteiger partial charge on any atom is 0.322 e. The number of rotatable bonds is 23. The number of aryl methyl sites for hydroxylation is 1. The van der Waals surface area contributed by atoms with Crippen LogP contribution in [0.2, 0.25) is 0 Å². The molecule has 0 radical (unpaired) electrons. The molecule has 0 unspecified atom stereocenters. The highest BCUT2D eigenvalue weighted by Crippen LogP contribution is 2.25. The number of carboxylic acid groups (broad SMARTS) is 1. The molecule has 0 saturated heterocycles. The van der Waals surface area contributed by atoms with Crippen LogP contribution in [0.25, 0.3) is 0 Å². The molecule has 3 aromatic rings. The van der Waals surface area contributed by atoms with E-state index in [1.165, 1.54) is 24.3 Å². The van der Waals surface area contributed by atoms with Crippen LogP contribution in [-0.2, 0) is 52.8 Å². The first-order chi connectivity index (χ1) is 27.2. The van der Waals surface area contributed by atoms with Gasteiger partial charge in [-0.05, 0) is 73.2 Å². The van der Waals surface area contributed by atoms with Crippen LogP contribution in [-0.4, -0.2) is 106 Å². The van der Waals surface area contributed by atoms with Gasteiger partial charge < -0.3 is 58.1 Å². The van der Waals surface area contributed by atoms with Gasteiger partial charge in [0.1, 0.15) is 30.4 Å². The summed E-state index contributed by atoms with van der Waals surface area (Å²) in [6.45, 7) is -1.48. The Hall–Kier alpha value is -6.69. The number of carbonyl (C=O) groups excluding carboxylic acids is 6. The van der Waals surface area contributed by atoms with E-state index in [1.807, 2.05) is 0 Å². The quantitative estimate of drug-likeness (QED) is 0.0417. The molecule has 0 fully saturated rings. The van der Waals surface area contributed by atoms with Crippen molar-refractivity contribution in [2.45, 2.75) is 63.1 Å². The zero-order valence-corrected chi connectivity index (χ0v) is 31.2. The number of nitrogens with one attached hydrogen (secondary N) is 6. The van der Waals surface area contributed by atoms with Crippen molar-refractivity contribution in [3.05, 3.63) is 89.5 Å². The number of aromatic hydroxyl groups is 3. The largest absolute Gasteiger partial charge is 0.508 e. The zero-order chi connectivity index (χ0) is 41.7. The first kappa shape index (κ1) is 44.7. The molecule has 0 aliphatic carbocycles. The Labute approximate surface area is 328 Å². The van der Waals surface area contributed by atoms with Gasteiger partial charge in [-0.25, -0.2) is 0 Å². The van der Waals surface area contributed by atoms with Crippen LogP contribution in [0.5, 0.6) is 17.2 Å². The maximum absolute atomic E-state index is 13.7. The van der Waals surface area contributed by atoms with Crippen molar-refractivity contribution < 1.29 is 54.0 Å². The number of phenols is 3. The third-order valence-corrected chi connectivity index (χ3v) is 8.51. The number of aliphatic carboxylic acids is 1. The van der Waals surface area contributed by atoms with E-state index in [2.05, 4.69) is 31.9 Å². The van der Waals surface area contributed by atoms with Gasteiger partial charge >= 0.3 is 5.97 Å². The fourth-order valence-electron chi connectivity index (χ4n) is 5.48. The smallest absolute Gasteiger partial charge is 0.322 e. The Morgan fingerprint density at radius 3 is 1.75 bits per heavy atom. The highest BCUT2D eigenvalue weighted by Gasteiger charge is 2.28. The van der Waals surface area contributed by atoms with Crippen LogP contribution in [0.4, 0.5) is 0 Å². The van der Waals surface area contributed by atoms with Crippen LogP contribution >= 0.6 is 0 Å². The van der Waals surface area contributed by atoms with E-state index in [4.69, 9.17) is 10.8 Å². The van der Waals surface area contributed by atoms with Crippen LogP contribution in [0, 0.1) is 0 Å². The van der Waals surface area contributed by atoms with Gasteiger partial charge in [-0.2, -0.15) is 0 Å². The zero-order valence-electron chi connectivity index (χ0n) is 31.2. The molecule has 0 spiro atoms. The van der Waals surface area contributed by atoms with Crippen molar-refractivity contribution in [1.82, 2.24) is 31.9 Å². The lowest BCUT2D eigenvalue weighted by Gasteiger charge is -2.24. The Bertz CT molecular complexity index is 1840.